The van der Waals surface area contributed by atoms with Gasteiger partial charge < -0.3 is 19.7 Å². The van der Waals surface area contributed by atoms with Crippen molar-refractivity contribution in [3.05, 3.63) is 82.6 Å². The largest absolute Gasteiger partial charge is 0.494 e. The minimum atomic E-state index is 0.258. The molecule has 0 aliphatic heterocycles. The van der Waals surface area contributed by atoms with E-state index in [1.54, 1.807) is 22.7 Å². The quantitative estimate of drug-likeness (QED) is 0.0878. The number of unbranched alkanes of at least 4 members (excludes halogenated alkanes) is 6. The highest BCUT2D eigenvalue weighted by Gasteiger charge is 2.10. The Morgan fingerprint density at radius 2 is 1.12 bits per heavy atom. The molecule has 0 spiro atoms. The number of thiophene rings is 2. The third-order valence-corrected chi connectivity index (χ3v) is 9.07. The number of ether oxygens (including phenoxy) is 2. The first-order valence-corrected chi connectivity index (χ1v) is 16.3. The number of hydrogen-bond donors (Lipinski definition) is 2. The summed E-state index contributed by atoms with van der Waals surface area (Å²) in [6, 6.07) is 26.9. The second-order valence-electron chi connectivity index (χ2n) is 10.1. The average Bonchev–Trinajstić information content (AvgIpc) is 3.71. The van der Waals surface area contributed by atoms with Crippen LogP contribution in [-0.2, 0) is 0 Å². The zero-order valence-electron chi connectivity index (χ0n) is 24.0. The fraction of sp³-hybridized carbons (Fsp3) is 0.343. The Kier molecular flexibility index (Phi) is 13.2. The van der Waals surface area contributed by atoms with Gasteiger partial charge in [0.1, 0.15) is 17.6 Å². The Morgan fingerprint density at radius 1 is 0.619 bits per heavy atom. The van der Waals surface area contributed by atoms with Crippen molar-refractivity contribution in [2.24, 2.45) is 0 Å². The molecule has 2 aromatic heterocycles. The molecule has 2 heterocycles. The summed E-state index contributed by atoms with van der Waals surface area (Å²) >= 11 is 3.28. The van der Waals surface area contributed by atoms with Gasteiger partial charge >= 0.3 is 0 Å². The Labute approximate surface area is 257 Å². The van der Waals surface area contributed by atoms with Crippen LogP contribution in [0.25, 0.3) is 32.5 Å². The molecule has 0 aliphatic rings. The fourth-order valence-corrected chi connectivity index (χ4v) is 6.40. The number of benzene rings is 2. The molecular weight excluding hydrogens is 563 g/mol. The molecule has 2 aromatic carbocycles. The summed E-state index contributed by atoms with van der Waals surface area (Å²) in [5.41, 5.74) is 2.89. The highest BCUT2D eigenvalue weighted by atomic mass is 32.1. The van der Waals surface area contributed by atoms with Gasteiger partial charge in [-0.05, 0) is 129 Å². The van der Waals surface area contributed by atoms with Gasteiger partial charge in [-0.3, -0.25) is 0 Å². The number of rotatable bonds is 18. The van der Waals surface area contributed by atoms with E-state index in [2.05, 4.69) is 48.5 Å². The van der Waals surface area contributed by atoms with Crippen molar-refractivity contribution in [2.45, 2.75) is 51.4 Å². The van der Waals surface area contributed by atoms with E-state index in [1.807, 2.05) is 36.4 Å². The molecule has 0 aliphatic carbocycles. The first-order chi connectivity index (χ1) is 20.7. The van der Waals surface area contributed by atoms with Crippen molar-refractivity contribution in [3.63, 3.8) is 0 Å². The van der Waals surface area contributed by atoms with Crippen LogP contribution in [0.2, 0.25) is 0 Å². The van der Waals surface area contributed by atoms with Crippen molar-refractivity contribution in [1.82, 2.24) is 0 Å². The number of hydrogen-bond acceptors (Lipinski definition) is 7. The molecule has 0 atom stereocenters. The van der Waals surface area contributed by atoms with Gasteiger partial charge in [-0.25, -0.2) is 0 Å². The van der Waals surface area contributed by atoms with Crippen LogP contribution in [0.3, 0.4) is 0 Å². The molecule has 0 radical (unpaired) electrons. The second-order valence-corrected chi connectivity index (χ2v) is 12.3. The van der Waals surface area contributed by atoms with E-state index < -0.39 is 0 Å². The van der Waals surface area contributed by atoms with Crippen molar-refractivity contribution >= 4 is 34.3 Å². The van der Waals surface area contributed by atoms with E-state index >= 15 is 0 Å². The van der Waals surface area contributed by atoms with E-state index in [0.29, 0.717) is 18.8 Å². The molecule has 0 fully saturated rings. The maximum atomic E-state index is 9.93. The van der Waals surface area contributed by atoms with Gasteiger partial charge in [0, 0.05) is 32.7 Å². The lowest BCUT2D eigenvalue weighted by Crippen LogP contribution is -1.97. The SMILES string of the molecule is N#CC(=Cc1ccc(-c2ccc(OCCCCCCO)cc2)s1)c1ccc(-c2ccc(OCCCCCCO)cc2)s1. The van der Waals surface area contributed by atoms with Crippen LogP contribution in [0.5, 0.6) is 11.5 Å². The maximum Gasteiger partial charge on any atom is 0.119 e. The van der Waals surface area contributed by atoms with Gasteiger partial charge in [0.2, 0.25) is 0 Å². The van der Waals surface area contributed by atoms with Gasteiger partial charge in [0.15, 0.2) is 0 Å². The van der Waals surface area contributed by atoms with E-state index in [4.69, 9.17) is 19.7 Å². The van der Waals surface area contributed by atoms with Crippen molar-refractivity contribution < 1.29 is 19.7 Å². The number of aliphatic hydroxyl groups is 2. The number of aliphatic hydroxyl groups excluding tert-OH is 2. The number of nitriles is 1. The smallest absolute Gasteiger partial charge is 0.119 e. The summed E-state index contributed by atoms with van der Waals surface area (Å²) in [6.45, 7) is 1.89. The van der Waals surface area contributed by atoms with E-state index in [1.165, 1.54) is 0 Å². The zero-order valence-corrected chi connectivity index (χ0v) is 25.6. The number of nitrogens with zero attached hydrogens (tertiary/aromatic N) is 1. The monoisotopic (exact) mass is 601 g/mol. The van der Waals surface area contributed by atoms with Crippen LogP contribution in [0.15, 0.2) is 72.8 Å². The Morgan fingerprint density at radius 3 is 1.64 bits per heavy atom. The predicted molar refractivity (Wildman–Crippen MR) is 175 cm³/mol. The lowest BCUT2D eigenvalue weighted by molar-refractivity contribution is 0.273. The lowest BCUT2D eigenvalue weighted by Gasteiger charge is -2.06. The van der Waals surface area contributed by atoms with Gasteiger partial charge in [-0.2, -0.15) is 5.26 Å². The Balaban J connectivity index is 1.32. The molecule has 0 unspecified atom stereocenters. The Hall–Kier alpha value is -3.41. The zero-order chi connectivity index (χ0) is 29.4. The van der Waals surface area contributed by atoms with E-state index in [-0.39, 0.29) is 13.2 Å². The van der Waals surface area contributed by atoms with Crippen LogP contribution < -0.4 is 9.47 Å². The maximum absolute atomic E-state index is 9.93. The van der Waals surface area contributed by atoms with Gasteiger partial charge in [0.05, 0.1) is 18.8 Å². The third-order valence-electron chi connectivity index (χ3n) is 6.83. The lowest BCUT2D eigenvalue weighted by atomic mass is 10.1. The highest BCUT2D eigenvalue weighted by Crippen LogP contribution is 2.35. The Bertz CT molecular complexity index is 1410. The summed E-state index contributed by atoms with van der Waals surface area (Å²) in [4.78, 5) is 4.25. The molecule has 4 rings (SSSR count). The molecule has 42 heavy (non-hydrogen) atoms. The summed E-state index contributed by atoms with van der Waals surface area (Å²) < 4.78 is 11.7. The molecule has 2 N–H and O–H groups in total. The molecule has 0 saturated heterocycles. The van der Waals surface area contributed by atoms with Crippen molar-refractivity contribution in [3.8, 4) is 38.4 Å². The standard InChI is InChI=1S/C35H39NO4S2/c36-26-29(35-20-19-34(42-35)28-11-15-31(16-12-28)40-24-8-4-2-6-22-38)25-32-17-18-33(41-32)27-9-13-30(14-10-27)39-23-7-3-1-5-21-37/h9-20,25,37-38H,1-8,21-24H2. The second kappa shape index (κ2) is 17.5. The first-order valence-electron chi connectivity index (χ1n) is 14.7. The summed E-state index contributed by atoms with van der Waals surface area (Å²) in [7, 11) is 0. The molecule has 0 amide bonds. The first kappa shape index (κ1) is 31.5. The van der Waals surface area contributed by atoms with Crippen molar-refractivity contribution in [1.29, 1.82) is 5.26 Å². The third kappa shape index (κ3) is 9.85. The van der Waals surface area contributed by atoms with Crippen LogP contribution in [-0.4, -0.2) is 36.6 Å². The number of allylic oxidation sites excluding steroid dienone is 1. The molecular formula is C35H39NO4S2. The van der Waals surface area contributed by atoms with Gasteiger partial charge in [0.25, 0.3) is 0 Å². The van der Waals surface area contributed by atoms with Crippen LogP contribution >= 0.6 is 22.7 Å². The normalized spacial score (nSPS) is 11.4. The van der Waals surface area contributed by atoms with Gasteiger partial charge in [-0.1, -0.05) is 12.8 Å². The predicted octanol–water partition coefficient (Wildman–Crippen LogP) is 9.07. The highest BCUT2D eigenvalue weighted by molar-refractivity contribution is 7.17. The van der Waals surface area contributed by atoms with Crippen LogP contribution in [0.4, 0.5) is 0 Å². The molecule has 7 heteroatoms. The summed E-state index contributed by atoms with van der Waals surface area (Å²) in [5.74, 6) is 1.72. The molecule has 4 aromatic rings. The summed E-state index contributed by atoms with van der Waals surface area (Å²) in [6.07, 6.45) is 9.86. The van der Waals surface area contributed by atoms with E-state index in [0.717, 1.165) is 93.5 Å². The minimum Gasteiger partial charge on any atom is -0.494 e. The topological polar surface area (TPSA) is 82.7 Å². The molecule has 220 valence electrons. The molecule has 0 saturated carbocycles. The molecule has 5 nitrogen and oxygen atoms in total. The van der Waals surface area contributed by atoms with Crippen LogP contribution in [0, 0.1) is 11.3 Å². The summed E-state index contributed by atoms with van der Waals surface area (Å²) in [5, 5.41) is 27.7. The van der Waals surface area contributed by atoms with Crippen LogP contribution in [0.1, 0.15) is 61.1 Å². The van der Waals surface area contributed by atoms with E-state index in [9.17, 15) is 5.26 Å². The van der Waals surface area contributed by atoms with Gasteiger partial charge in [-0.15, -0.1) is 22.7 Å². The molecule has 0 bridgehead atoms. The fourth-order valence-electron chi connectivity index (χ4n) is 4.47. The van der Waals surface area contributed by atoms with Crippen molar-refractivity contribution in [2.75, 3.05) is 26.4 Å². The minimum absolute atomic E-state index is 0.258. The average molecular weight is 602 g/mol.